The molecule has 0 saturated heterocycles. The third kappa shape index (κ3) is 4.80. The van der Waals surface area contributed by atoms with Gasteiger partial charge in [-0.05, 0) is 30.5 Å². The number of hydrogen-bond acceptors (Lipinski definition) is 2. The largest absolute Gasteiger partial charge is 0.416 e. The van der Waals surface area contributed by atoms with Gasteiger partial charge in [-0.3, -0.25) is 0 Å². The van der Waals surface area contributed by atoms with E-state index in [9.17, 15) is 13.2 Å². The number of nitrogens with one attached hydrogen (secondary N) is 1. The summed E-state index contributed by atoms with van der Waals surface area (Å²) in [5.74, 6) is 0.336. The second-order valence-electron chi connectivity index (χ2n) is 5.32. The molecule has 0 heterocycles. The maximum Gasteiger partial charge on any atom is 0.416 e. The van der Waals surface area contributed by atoms with Gasteiger partial charge >= 0.3 is 6.18 Å². The fraction of sp³-hybridized carbons (Fsp3) is 0.600. The van der Waals surface area contributed by atoms with Crippen molar-refractivity contribution in [2.45, 2.75) is 39.0 Å². The molecule has 0 amide bonds. The molecule has 1 aromatic carbocycles. The van der Waals surface area contributed by atoms with Crippen molar-refractivity contribution < 1.29 is 17.9 Å². The maximum atomic E-state index is 12.7. The molecule has 2 unspecified atom stereocenters. The average molecular weight is 289 g/mol. The maximum absolute atomic E-state index is 12.7. The molecule has 0 saturated carbocycles. The van der Waals surface area contributed by atoms with Gasteiger partial charge in [0.1, 0.15) is 0 Å². The van der Waals surface area contributed by atoms with E-state index in [2.05, 4.69) is 19.2 Å². The molecule has 1 N–H and O–H groups in total. The summed E-state index contributed by atoms with van der Waals surface area (Å²) in [5, 5.41) is 3.32. The summed E-state index contributed by atoms with van der Waals surface area (Å²) in [5.41, 5.74) is 0.0121. The van der Waals surface area contributed by atoms with Gasteiger partial charge in [0.05, 0.1) is 12.2 Å². The normalized spacial score (nSPS) is 15.4. The molecule has 1 rings (SSSR count). The van der Waals surface area contributed by atoms with Crippen molar-refractivity contribution in [3.63, 3.8) is 0 Å². The Morgan fingerprint density at radius 2 is 1.85 bits per heavy atom. The van der Waals surface area contributed by atoms with Crippen LogP contribution in [0.1, 0.15) is 37.9 Å². The molecule has 1 aromatic rings. The first-order valence-corrected chi connectivity index (χ1v) is 6.67. The molecule has 0 aliphatic heterocycles. The molecule has 5 heteroatoms. The van der Waals surface area contributed by atoms with Crippen LogP contribution < -0.4 is 5.32 Å². The summed E-state index contributed by atoms with van der Waals surface area (Å²) in [6.07, 6.45) is -4.31. The standard InChI is InChI=1S/C15H22F3NO/c1-10(2)14(9-20-4)19-11(3)12-6-5-7-13(8-12)15(16,17)18/h5-8,10-11,14,19H,9H2,1-4H3. The Bertz CT molecular complexity index is 418. The first-order chi connectivity index (χ1) is 9.25. The number of alkyl halides is 3. The first kappa shape index (κ1) is 17.0. The van der Waals surface area contributed by atoms with E-state index in [0.717, 1.165) is 6.07 Å². The summed E-state index contributed by atoms with van der Waals surface area (Å²) in [6.45, 7) is 6.49. The van der Waals surface area contributed by atoms with Crippen molar-refractivity contribution in [2.24, 2.45) is 5.92 Å². The Labute approximate surface area is 118 Å². The van der Waals surface area contributed by atoms with E-state index >= 15 is 0 Å². The van der Waals surface area contributed by atoms with Gasteiger partial charge in [0.15, 0.2) is 0 Å². The van der Waals surface area contributed by atoms with Crippen molar-refractivity contribution in [1.82, 2.24) is 5.32 Å². The molecule has 0 radical (unpaired) electrons. The van der Waals surface area contributed by atoms with E-state index in [0.29, 0.717) is 18.1 Å². The van der Waals surface area contributed by atoms with E-state index in [4.69, 9.17) is 4.74 Å². The zero-order valence-electron chi connectivity index (χ0n) is 12.3. The fourth-order valence-electron chi connectivity index (χ4n) is 2.01. The summed E-state index contributed by atoms with van der Waals surface area (Å²) in [4.78, 5) is 0. The highest BCUT2D eigenvalue weighted by molar-refractivity contribution is 5.27. The molecule has 0 spiro atoms. The zero-order chi connectivity index (χ0) is 15.3. The zero-order valence-corrected chi connectivity index (χ0v) is 12.3. The lowest BCUT2D eigenvalue weighted by Gasteiger charge is -2.26. The van der Waals surface area contributed by atoms with Crippen LogP contribution in [-0.2, 0) is 10.9 Å². The molecule has 114 valence electrons. The monoisotopic (exact) mass is 289 g/mol. The Morgan fingerprint density at radius 1 is 1.20 bits per heavy atom. The van der Waals surface area contributed by atoms with Gasteiger partial charge in [0.25, 0.3) is 0 Å². The van der Waals surface area contributed by atoms with Crippen molar-refractivity contribution in [3.8, 4) is 0 Å². The van der Waals surface area contributed by atoms with Crippen LogP contribution >= 0.6 is 0 Å². The van der Waals surface area contributed by atoms with Gasteiger partial charge in [-0.1, -0.05) is 26.0 Å². The highest BCUT2D eigenvalue weighted by atomic mass is 19.4. The predicted octanol–water partition coefficient (Wildman–Crippen LogP) is 4.03. The van der Waals surface area contributed by atoms with Crippen LogP contribution in [0.3, 0.4) is 0 Å². The summed E-state index contributed by atoms with van der Waals surface area (Å²) >= 11 is 0. The molecule has 20 heavy (non-hydrogen) atoms. The highest BCUT2D eigenvalue weighted by Gasteiger charge is 2.30. The van der Waals surface area contributed by atoms with Crippen molar-refractivity contribution >= 4 is 0 Å². The van der Waals surface area contributed by atoms with E-state index in [1.165, 1.54) is 12.1 Å². The quantitative estimate of drug-likeness (QED) is 0.854. The van der Waals surface area contributed by atoms with Crippen molar-refractivity contribution in [1.29, 1.82) is 0 Å². The lowest BCUT2D eigenvalue weighted by molar-refractivity contribution is -0.137. The number of halogens is 3. The minimum atomic E-state index is -4.31. The van der Waals surface area contributed by atoms with Crippen molar-refractivity contribution in [2.75, 3.05) is 13.7 Å². The van der Waals surface area contributed by atoms with Crippen LogP contribution in [0.15, 0.2) is 24.3 Å². The topological polar surface area (TPSA) is 21.3 Å². The smallest absolute Gasteiger partial charge is 0.383 e. The number of ether oxygens (including phenoxy) is 1. The van der Waals surface area contributed by atoms with Crippen LogP contribution in [0, 0.1) is 5.92 Å². The molecule has 2 atom stereocenters. The number of hydrogen-bond donors (Lipinski definition) is 1. The molecule has 0 aliphatic carbocycles. The van der Waals surface area contributed by atoms with Gasteiger partial charge < -0.3 is 10.1 Å². The van der Waals surface area contributed by atoms with Crippen molar-refractivity contribution in [3.05, 3.63) is 35.4 Å². The molecule has 2 nitrogen and oxygen atoms in total. The second kappa shape index (κ2) is 7.09. The predicted molar refractivity (Wildman–Crippen MR) is 73.5 cm³/mol. The van der Waals surface area contributed by atoms with Crippen LogP contribution in [0.5, 0.6) is 0 Å². The van der Waals surface area contributed by atoms with Gasteiger partial charge in [-0.15, -0.1) is 0 Å². The lowest BCUT2D eigenvalue weighted by Crippen LogP contribution is -2.39. The van der Waals surface area contributed by atoms with Crippen LogP contribution in [-0.4, -0.2) is 19.8 Å². The Balaban J connectivity index is 2.84. The summed E-state index contributed by atoms with van der Waals surface area (Å²) < 4.78 is 43.2. The summed E-state index contributed by atoms with van der Waals surface area (Å²) in [7, 11) is 1.62. The van der Waals surface area contributed by atoms with Gasteiger partial charge in [-0.25, -0.2) is 0 Å². The molecule has 0 aromatic heterocycles. The molecular weight excluding hydrogens is 267 g/mol. The van der Waals surface area contributed by atoms with E-state index < -0.39 is 11.7 Å². The van der Waals surface area contributed by atoms with Crippen LogP contribution in [0.2, 0.25) is 0 Å². The molecular formula is C15H22F3NO. The number of methoxy groups -OCH3 is 1. The number of benzene rings is 1. The Morgan fingerprint density at radius 3 is 2.35 bits per heavy atom. The molecule has 0 bridgehead atoms. The summed E-state index contributed by atoms with van der Waals surface area (Å²) in [6, 6.07) is 5.37. The molecule has 0 aliphatic rings. The highest BCUT2D eigenvalue weighted by Crippen LogP contribution is 2.30. The third-order valence-electron chi connectivity index (χ3n) is 3.33. The Kier molecular flexibility index (Phi) is 6.02. The Hall–Kier alpha value is -1.07. The van der Waals surface area contributed by atoms with Crippen LogP contribution in [0.4, 0.5) is 13.2 Å². The van der Waals surface area contributed by atoms with E-state index in [-0.39, 0.29) is 12.1 Å². The SMILES string of the molecule is COCC(NC(C)c1cccc(C(F)(F)F)c1)C(C)C. The lowest BCUT2D eigenvalue weighted by atomic mass is 10.0. The van der Waals surface area contributed by atoms with Gasteiger partial charge in [-0.2, -0.15) is 13.2 Å². The van der Waals surface area contributed by atoms with Gasteiger partial charge in [0, 0.05) is 19.2 Å². The second-order valence-corrected chi connectivity index (χ2v) is 5.32. The average Bonchev–Trinajstić information content (AvgIpc) is 2.37. The molecule has 0 fully saturated rings. The van der Waals surface area contributed by atoms with Gasteiger partial charge in [0.2, 0.25) is 0 Å². The minimum absolute atomic E-state index is 0.101. The van der Waals surface area contributed by atoms with Crippen LogP contribution in [0.25, 0.3) is 0 Å². The first-order valence-electron chi connectivity index (χ1n) is 6.67. The number of rotatable bonds is 6. The fourth-order valence-corrected chi connectivity index (χ4v) is 2.01. The minimum Gasteiger partial charge on any atom is -0.383 e. The third-order valence-corrected chi connectivity index (χ3v) is 3.33. The van der Waals surface area contributed by atoms with E-state index in [1.54, 1.807) is 13.2 Å². The van der Waals surface area contributed by atoms with E-state index in [1.807, 2.05) is 6.92 Å².